The van der Waals surface area contributed by atoms with E-state index in [0.29, 0.717) is 23.4 Å². The Hall–Kier alpha value is -0.340. The van der Waals surface area contributed by atoms with Gasteiger partial charge >= 0.3 is 0 Å². The molecule has 1 N–H and O–H groups in total. The summed E-state index contributed by atoms with van der Waals surface area (Å²) in [7, 11) is 0. The Kier molecular flexibility index (Phi) is 7.59. The fraction of sp³-hybridized carbons (Fsp3) is 0.931. The number of aliphatic hydroxyl groups is 1. The number of allylic oxidation sites excluding steroid dienone is 2. The van der Waals surface area contributed by atoms with Crippen molar-refractivity contribution in [3.8, 4) is 0 Å². The van der Waals surface area contributed by atoms with Crippen LogP contribution in [0.25, 0.3) is 0 Å². The Labute approximate surface area is 192 Å². The van der Waals surface area contributed by atoms with Crippen LogP contribution in [-0.4, -0.2) is 24.9 Å². The Balaban J connectivity index is 1.35. The molecule has 3 saturated carbocycles. The first kappa shape index (κ1) is 23.8. The molecule has 8 atom stereocenters. The molecular formula is C29H50O2. The lowest BCUT2D eigenvalue weighted by Gasteiger charge is -2.58. The standard InChI is InChI=1S/C29H50O2/c1-21(20-31-19-18-30)8-7-9-22(2)25-13-14-26-24-12-11-23-10-5-6-16-28(23,3)27(24)15-17-29(25,26)4/h11,21-22,24-27,30H,5-10,12-20H2,1-4H3/t21?,22-,24+,25-,26+,27+,28+,29-/m1/s1. The maximum atomic E-state index is 8.88. The highest BCUT2D eigenvalue weighted by Gasteiger charge is 2.58. The van der Waals surface area contributed by atoms with E-state index in [2.05, 4.69) is 33.8 Å². The Morgan fingerprint density at radius 2 is 1.90 bits per heavy atom. The molecule has 0 saturated heterocycles. The molecule has 0 spiro atoms. The minimum absolute atomic E-state index is 0.142. The lowest BCUT2D eigenvalue weighted by molar-refractivity contribution is -0.0501. The summed E-state index contributed by atoms with van der Waals surface area (Å²) in [5.41, 5.74) is 2.98. The zero-order valence-corrected chi connectivity index (χ0v) is 21.0. The van der Waals surface area contributed by atoms with Crippen molar-refractivity contribution in [1.29, 1.82) is 0 Å². The van der Waals surface area contributed by atoms with Crippen LogP contribution in [-0.2, 0) is 4.74 Å². The molecule has 178 valence electrons. The molecule has 4 aliphatic carbocycles. The van der Waals surface area contributed by atoms with Gasteiger partial charge in [-0.05, 0) is 104 Å². The van der Waals surface area contributed by atoms with Gasteiger partial charge in [-0.3, -0.25) is 0 Å². The van der Waals surface area contributed by atoms with E-state index in [1.807, 2.05) is 5.57 Å². The highest BCUT2D eigenvalue weighted by Crippen LogP contribution is 2.67. The molecule has 0 aromatic heterocycles. The molecule has 4 rings (SSSR count). The van der Waals surface area contributed by atoms with Crippen LogP contribution in [0.1, 0.15) is 105 Å². The van der Waals surface area contributed by atoms with Gasteiger partial charge in [-0.25, -0.2) is 0 Å². The van der Waals surface area contributed by atoms with Crippen molar-refractivity contribution in [2.24, 2.45) is 46.3 Å². The monoisotopic (exact) mass is 430 g/mol. The number of ether oxygens (including phenoxy) is 1. The predicted octanol–water partition coefficient (Wildman–Crippen LogP) is 7.41. The lowest BCUT2D eigenvalue weighted by atomic mass is 9.47. The first-order valence-electron chi connectivity index (χ1n) is 13.8. The van der Waals surface area contributed by atoms with Crippen LogP contribution in [0.15, 0.2) is 11.6 Å². The Morgan fingerprint density at radius 3 is 2.71 bits per heavy atom. The molecule has 2 heteroatoms. The third-order valence-corrected chi connectivity index (χ3v) is 10.8. The molecule has 0 aromatic carbocycles. The van der Waals surface area contributed by atoms with Gasteiger partial charge in [-0.2, -0.15) is 0 Å². The molecule has 0 amide bonds. The van der Waals surface area contributed by atoms with Crippen LogP contribution in [0.3, 0.4) is 0 Å². The van der Waals surface area contributed by atoms with Crippen LogP contribution in [0.5, 0.6) is 0 Å². The SMILES string of the molecule is CC(CCC[C@@H](C)[C@H]1CC[C@H]2[C@@H]3CC=C4CCCC[C@]4(C)[C@H]3CC[C@]12C)COCCO. The largest absolute Gasteiger partial charge is 0.394 e. The molecular weight excluding hydrogens is 380 g/mol. The van der Waals surface area contributed by atoms with Gasteiger partial charge in [-0.15, -0.1) is 0 Å². The van der Waals surface area contributed by atoms with Gasteiger partial charge in [0.15, 0.2) is 0 Å². The van der Waals surface area contributed by atoms with Gasteiger partial charge in [0.05, 0.1) is 13.2 Å². The van der Waals surface area contributed by atoms with Crippen LogP contribution in [0, 0.1) is 46.3 Å². The molecule has 0 heterocycles. The van der Waals surface area contributed by atoms with Crippen molar-refractivity contribution in [2.75, 3.05) is 19.8 Å². The van der Waals surface area contributed by atoms with Gasteiger partial charge in [-0.1, -0.05) is 58.6 Å². The van der Waals surface area contributed by atoms with Crippen molar-refractivity contribution >= 4 is 0 Å². The Bertz CT molecular complexity index is 626. The van der Waals surface area contributed by atoms with E-state index in [1.54, 1.807) is 0 Å². The Morgan fingerprint density at radius 1 is 1.06 bits per heavy atom. The molecule has 4 aliphatic rings. The first-order valence-corrected chi connectivity index (χ1v) is 13.8. The number of fused-ring (bicyclic) bond motifs is 5. The molecule has 2 nitrogen and oxygen atoms in total. The maximum Gasteiger partial charge on any atom is 0.0697 e. The molecule has 1 unspecified atom stereocenters. The van der Waals surface area contributed by atoms with E-state index >= 15 is 0 Å². The van der Waals surface area contributed by atoms with Gasteiger partial charge < -0.3 is 9.84 Å². The number of hydrogen-bond acceptors (Lipinski definition) is 2. The minimum Gasteiger partial charge on any atom is -0.394 e. The quantitative estimate of drug-likeness (QED) is 0.305. The van der Waals surface area contributed by atoms with Gasteiger partial charge in [0, 0.05) is 6.61 Å². The zero-order valence-electron chi connectivity index (χ0n) is 21.0. The van der Waals surface area contributed by atoms with Crippen molar-refractivity contribution in [2.45, 2.75) is 105 Å². The van der Waals surface area contributed by atoms with E-state index in [4.69, 9.17) is 9.84 Å². The molecule has 0 aliphatic heterocycles. The minimum atomic E-state index is 0.142. The van der Waals surface area contributed by atoms with E-state index in [0.717, 1.165) is 36.2 Å². The average Bonchev–Trinajstić information content (AvgIpc) is 3.11. The first-order chi connectivity index (χ1) is 14.9. The van der Waals surface area contributed by atoms with Gasteiger partial charge in [0.1, 0.15) is 0 Å². The van der Waals surface area contributed by atoms with Crippen molar-refractivity contribution in [3.05, 3.63) is 11.6 Å². The summed E-state index contributed by atoms with van der Waals surface area (Å²) in [4.78, 5) is 0. The summed E-state index contributed by atoms with van der Waals surface area (Å²) in [6.07, 6.45) is 19.8. The van der Waals surface area contributed by atoms with Gasteiger partial charge in [0.25, 0.3) is 0 Å². The van der Waals surface area contributed by atoms with Crippen molar-refractivity contribution < 1.29 is 9.84 Å². The van der Waals surface area contributed by atoms with E-state index in [1.165, 1.54) is 77.0 Å². The lowest BCUT2D eigenvalue weighted by Crippen LogP contribution is -2.50. The third kappa shape index (κ3) is 4.54. The number of hydrogen-bond donors (Lipinski definition) is 1. The van der Waals surface area contributed by atoms with Crippen LogP contribution in [0.2, 0.25) is 0 Å². The summed E-state index contributed by atoms with van der Waals surface area (Å²) in [5.74, 6) is 5.31. The molecule has 0 bridgehead atoms. The summed E-state index contributed by atoms with van der Waals surface area (Å²) in [6, 6.07) is 0. The van der Waals surface area contributed by atoms with Crippen molar-refractivity contribution in [3.63, 3.8) is 0 Å². The van der Waals surface area contributed by atoms with E-state index in [9.17, 15) is 0 Å². The number of aliphatic hydroxyl groups excluding tert-OH is 1. The normalized spacial score (nSPS) is 41.6. The summed E-state index contributed by atoms with van der Waals surface area (Å²) >= 11 is 0. The fourth-order valence-corrected chi connectivity index (χ4v) is 9.10. The zero-order chi connectivity index (χ0) is 22.1. The smallest absolute Gasteiger partial charge is 0.0697 e. The summed E-state index contributed by atoms with van der Waals surface area (Å²) in [6.45, 7) is 11.7. The third-order valence-electron chi connectivity index (χ3n) is 10.8. The summed E-state index contributed by atoms with van der Waals surface area (Å²) in [5, 5.41) is 8.88. The highest BCUT2D eigenvalue weighted by atomic mass is 16.5. The second-order valence-corrected chi connectivity index (χ2v) is 12.5. The van der Waals surface area contributed by atoms with E-state index in [-0.39, 0.29) is 6.61 Å². The maximum absolute atomic E-state index is 8.88. The second kappa shape index (κ2) is 9.88. The molecule has 31 heavy (non-hydrogen) atoms. The summed E-state index contributed by atoms with van der Waals surface area (Å²) < 4.78 is 5.53. The highest BCUT2D eigenvalue weighted by molar-refractivity contribution is 5.24. The predicted molar refractivity (Wildman–Crippen MR) is 130 cm³/mol. The van der Waals surface area contributed by atoms with Crippen LogP contribution in [0.4, 0.5) is 0 Å². The molecule has 3 fully saturated rings. The second-order valence-electron chi connectivity index (χ2n) is 12.5. The van der Waals surface area contributed by atoms with E-state index < -0.39 is 0 Å². The van der Waals surface area contributed by atoms with Crippen LogP contribution < -0.4 is 0 Å². The van der Waals surface area contributed by atoms with Gasteiger partial charge in [0.2, 0.25) is 0 Å². The molecule has 0 radical (unpaired) electrons. The average molecular weight is 431 g/mol. The number of rotatable bonds is 9. The molecule has 0 aromatic rings. The topological polar surface area (TPSA) is 29.5 Å². The fourth-order valence-electron chi connectivity index (χ4n) is 9.10. The van der Waals surface area contributed by atoms with Crippen molar-refractivity contribution in [1.82, 2.24) is 0 Å². The van der Waals surface area contributed by atoms with Crippen LogP contribution >= 0.6 is 0 Å².